The molecule has 1 aliphatic rings. The first-order chi connectivity index (χ1) is 13.3. The van der Waals surface area contributed by atoms with Crippen molar-refractivity contribution >= 4 is 11.4 Å². The van der Waals surface area contributed by atoms with Crippen LogP contribution in [0.15, 0.2) is 46.7 Å². The van der Waals surface area contributed by atoms with Crippen molar-refractivity contribution in [1.82, 2.24) is 0 Å². The van der Waals surface area contributed by atoms with Gasteiger partial charge in [-0.05, 0) is 29.7 Å². The third-order valence-electron chi connectivity index (χ3n) is 4.50. The Balaban J connectivity index is 1.55. The van der Waals surface area contributed by atoms with Crippen LogP contribution in [0.25, 0.3) is 0 Å². The van der Waals surface area contributed by atoms with Gasteiger partial charge in [-0.25, -0.2) is 5.01 Å². The minimum atomic E-state index is -0.458. The van der Waals surface area contributed by atoms with E-state index in [0.717, 1.165) is 5.56 Å². The maximum Gasteiger partial charge on any atom is 0.269 e. The quantitative estimate of drug-likeness (QED) is 0.544. The molecule has 9 nitrogen and oxygen atoms in total. The first-order valence-corrected chi connectivity index (χ1v) is 8.96. The van der Waals surface area contributed by atoms with Gasteiger partial charge < -0.3 is 14.9 Å². The van der Waals surface area contributed by atoms with Gasteiger partial charge in [-0.3, -0.25) is 10.1 Å². The van der Waals surface area contributed by atoms with Gasteiger partial charge >= 0.3 is 0 Å². The summed E-state index contributed by atoms with van der Waals surface area (Å²) in [6.07, 6.45) is 0.604. The lowest BCUT2D eigenvalue weighted by atomic mass is 10.0. The van der Waals surface area contributed by atoms with E-state index in [2.05, 4.69) is 10.3 Å². The van der Waals surface area contributed by atoms with Crippen molar-refractivity contribution in [3.63, 3.8) is 0 Å². The van der Waals surface area contributed by atoms with E-state index in [-0.39, 0.29) is 29.1 Å². The zero-order chi connectivity index (χ0) is 20.3. The lowest BCUT2D eigenvalue weighted by molar-refractivity contribution is -0.384. The molecule has 1 atom stereocenters. The minimum absolute atomic E-state index is 0.0158. The van der Waals surface area contributed by atoms with Crippen LogP contribution in [-0.4, -0.2) is 34.3 Å². The second-order valence-corrected chi connectivity index (χ2v) is 6.88. The lowest BCUT2D eigenvalue weighted by Gasteiger charge is -2.18. The summed E-state index contributed by atoms with van der Waals surface area (Å²) in [5.41, 5.74) is 1.25. The summed E-state index contributed by atoms with van der Waals surface area (Å²) in [5, 5.41) is 40.7. The van der Waals surface area contributed by atoms with Crippen LogP contribution in [0.4, 0.5) is 11.4 Å². The molecule has 2 N–H and O–H groups in total. The van der Waals surface area contributed by atoms with Crippen LogP contribution < -0.4 is 9.75 Å². The van der Waals surface area contributed by atoms with E-state index in [4.69, 9.17) is 4.74 Å². The van der Waals surface area contributed by atoms with E-state index in [1.165, 1.54) is 18.2 Å². The third kappa shape index (κ3) is 4.30. The maximum atomic E-state index is 10.7. The molecule has 0 aromatic heterocycles. The van der Waals surface area contributed by atoms with E-state index < -0.39 is 4.92 Å². The molecule has 0 spiro atoms. The molecule has 0 radical (unpaired) electrons. The van der Waals surface area contributed by atoms with E-state index in [9.17, 15) is 20.3 Å². The Morgan fingerprint density at radius 3 is 2.61 bits per heavy atom. The van der Waals surface area contributed by atoms with Gasteiger partial charge in [0.2, 0.25) is 0 Å². The SMILES string of the molecule is CC(C)c1cc(N2CC(CCOc3ccc([N+](=O)[O-])cc3)N=N2)c(O)cc1O. The number of nitro benzene ring substituents is 1. The van der Waals surface area contributed by atoms with Crippen molar-refractivity contribution in [2.24, 2.45) is 10.3 Å². The standard InChI is InChI=1S/C19H22N4O5/c1-12(2)16-9-17(19(25)10-18(16)24)22-11-13(20-21-22)7-8-28-15-5-3-14(4-6-15)23(26)27/h3-6,9-10,12-13,24-25H,7-8,11H2,1-2H3. The fourth-order valence-corrected chi connectivity index (χ4v) is 2.93. The first kappa shape index (κ1) is 19.4. The van der Waals surface area contributed by atoms with Gasteiger partial charge in [0, 0.05) is 24.6 Å². The number of non-ortho nitro benzene ring substituents is 1. The van der Waals surface area contributed by atoms with E-state index >= 15 is 0 Å². The van der Waals surface area contributed by atoms with Crippen molar-refractivity contribution in [1.29, 1.82) is 0 Å². The molecule has 0 fully saturated rings. The molecule has 0 saturated heterocycles. The highest BCUT2D eigenvalue weighted by atomic mass is 16.6. The minimum Gasteiger partial charge on any atom is -0.508 e. The fraction of sp³-hybridized carbons (Fsp3) is 0.368. The van der Waals surface area contributed by atoms with E-state index in [0.29, 0.717) is 31.0 Å². The van der Waals surface area contributed by atoms with Crippen molar-refractivity contribution in [3.05, 3.63) is 52.1 Å². The molecule has 3 rings (SSSR count). The monoisotopic (exact) mass is 386 g/mol. The van der Waals surface area contributed by atoms with Crippen LogP contribution in [0.2, 0.25) is 0 Å². The summed E-state index contributed by atoms with van der Waals surface area (Å²) >= 11 is 0. The number of phenolic OH excluding ortho intramolecular Hbond substituents is 2. The highest BCUT2D eigenvalue weighted by molar-refractivity contribution is 5.63. The predicted molar refractivity (Wildman–Crippen MR) is 103 cm³/mol. The largest absolute Gasteiger partial charge is 0.508 e. The fourth-order valence-electron chi connectivity index (χ4n) is 2.93. The highest BCUT2D eigenvalue weighted by Crippen LogP contribution is 2.38. The number of anilines is 1. The van der Waals surface area contributed by atoms with Crippen molar-refractivity contribution < 1.29 is 19.9 Å². The number of aromatic hydroxyl groups is 2. The molecule has 0 bridgehead atoms. The second kappa shape index (κ2) is 8.12. The smallest absolute Gasteiger partial charge is 0.269 e. The van der Waals surface area contributed by atoms with Gasteiger partial charge in [0.1, 0.15) is 22.9 Å². The Labute approximate surface area is 162 Å². The number of hydrogen-bond acceptors (Lipinski definition) is 8. The molecular weight excluding hydrogens is 364 g/mol. The maximum absolute atomic E-state index is 10.7. The number of rotatable bonds is 7. The molecule has 2 aromatic rings. The van der Waals surface area contributed by atoms with Gasteiger partial charge in [-0.1, -0.05) is 19.1 Å². The molecule has 1 aliphatic heterocycles. The van der Waals surface area contributed by atoms with Crippen molar-refractivity contribution in [2.75, 3.05) is 18.2 Å². The zero-order valence-corrected chi connectivity index (χ0v) is 15.6. The second-order valence-electron chi connectivity index (χ2n) is 6.88. The Morgan fingerprint density at radius 1 is 1.25 bits per heavy atom. The first-order valence-electron chi connectivity index (χ1n) is 8.96. The number of phenols is 2. The summed E-state index contributed by atoms with van der Waals surface area (Å²) < 4.78 is 5.61. The molecule has 2 aromatic carbocycles. The molecule has 1 heterocycles. The average molecular weight is 386 g/mol. The number of hydrogen-bond donors (Lipinski definition) is 2. The van der Waals surface area contributed by atoms with Crippen LogP contribution in [0.5, 0.6) is 17.2 Å². The molecule has 0 aliphatic carbocycles. The third-order valence-corrected chi connectivity index (χ3v) is 4.50. The molecule has 148 valence electrons. The van der Waals surface area contributed by atoms with Crippen LogP contribution in [0, 0.1) is 10.1 Å². The van der Waals surface area contributed by atoms with E-state index in [1.54, 1.807) is 23.2 Å². The summed E-state index contributed by atoms with van der Waals surface area (Å²) in [6, 6.07) is 8.85. The summed E-state index contributed by atoms with van der Waals surface area (Å²) in [4.78, 5) is 10.2. The van der Waals surface area contributed by atoms with Crippen molar-refractivity contribution in [3.8, 4) is 17.2 Å². The predicted octanol–water partition coefficient (Wildman–Crippen LogP) is 4.15. The Kier molecular flexibility index (Phi) is 5.62. The topological polar surface area (TPSA) is 121 Å². The Bertz CT molecular complexity index is 883. The van der Waals surface area contributed by atoms with Gasteiger partial charge in [0.05, 0.1) is 24.1 Å². The summed E-state index contributed by atoms with van der Waals surface area (Å²) in [7, 11) is 0. The Morgan fingerprint density at radius 2 is 1.96 bits per heavy atom. The van der Waals surface area contributed by atoms with E-state index in [1.807, 2.05) is 13.8 Å². The highest BCUT2D eigenvalue weighted by Gasteiger charge is 2.24. The van der Waals surface area contributed by atoms with Gasteiger partial charge in [0.15, 0.2) is 0 Å². The van der Waals surface area contributed by atoms with Crippen LogP contribution in [0.1, 0.15) is 31.7 Å². The summed E-state index contributed by atoms with van der Waals surface area (Å²) in [5.74, 6) is 0.656. The van der Waals surface area contributed by atoms with Crippen LogP contribution in [0.3, 0.4) is 0 Å². The number of nitrogens with zero attached hydrogens (tertiary/aromatic N) is 4. The lowest BCUT2D eigenvalue weighted by Crippen LogP contribution is -2.22. The van der Waals surface area contributed by atoms with Crippen LogP contribution in [-0.2, 0) is 0 Å². The molecule has 28 heavy (non-hydrogen) atoms. The van der Waals surface area contributed by atoms with Crippen LogP contribution >= 0.6 is 0 Å². The molecule has 1 unspecified atom stereocenters. The molecule has 9 heteroatoms. The van der Waals surface area contributed by atoms with Crippen molar-refractivity contribution in [2.45, 2.75) is 32.2 Å². The average Bonchev–Trinajstić information content (AvgIpc) is 3.10. The van der Waals surface area contributed by atoms with Gasteiger partial charge in [-0.2, -0.15) is 5.11 Å². The number of ether oxygens (including phenoxy) is 1. The van der Waals surface area contributed by atoms with Gasteiger partial charge in [0.25, 0.3) is 5.69 Å². The molecule has 0 amide bonds. The zero-order valence-electron chi connectivity index (χ0n) is 15.6. The van der Waals surface area contributed by atoms with Gasteiger partial charge in [-0.15, -0.1) is 0 Å². The Hall–Kier alpha value is -3.36. The number of benzene rings is 2. The molecular formula is C19H22N4O5. The molecule has 0 saturated carbocycles. The number of nitro groups is 1. The normalized spacial score (nSPS) is 16.0. The summed E-state index contributed by atoms with van der Waals surface area (Å²) in [6.45, 7) is 4.78.